The Bertz CT molecular complexity index is 1370. The Morgan fingerprint density at radius 2 is 1.87 bits per heavy atom. The fraction of sp³-hybridized carbons (Fsp3) is 0.214. The molecule has 1 heterocycles. The van der Waals surface area contributed by atoms with Crippen LogP contribution in [0.25, 0.3) is 0 Å². The highest BCUT2D eigenvalue weighted by molar-refractivity contribution is 6.31. The van der Waals surface area contributed by atoms with Crippen molar-refractivity contribution in [1.29, 1.82) is 10.8 Å². The van der Waals surface area contributed by atoms with Gasteiger partial charge in [-0.2, -0.15) is 0 Å². The van der Waals surface area contributed by atoms with Gasteiger partial charge in [-0.15, -0.1) is 0 Å². The number of anilines is 1. The van der Waals surface area contributed by atoms with Crippen LogP contribution in [0.4, 0.5) is 5.69 Å². The van der Waals surface area contributed by atoms with E-state index in [4.69, 9.17) is 31.9 Å². The monoisotopic (exact) mass is 533 g/mol. The molecule has 0 saturated heterocycles. The average molecular weight is 534 g/mol. The van der Waals surface area contributed by atoms with Crippen LogP contribution in [0.2, 0.25) is 5.02 Å². The number of rotatable bonds is 9. The number of amidine groups is 2. The second-order valence-corrected chi connectivity index (χ2v) is 8.89. The molecule has 0 aromatic heterocycles. The van der Waals surface area contributed by atoms with Crippen LogP contribution >= 0.6 is 11.6 Å². The number of para-hydroxylation sites is 1. The number of aromatic hydroxyl groups is 1. The van der Waals surface area contributed by atoms with Gasteiger partial charge < -0.3 is 19.9 Å². The number of hydrogen-bond donors (Lipinski definition) is 4. The average Bonchev–Trinajstić information content (AvgIpc) is 3.04. The van der Waals surface area contributed by atoms with Crippen LogP contribution in [0.3, 0.4) is 0 Å². The van der Waals surface area contributed by atoms with Gasteiger partial charge in [0.2, 0.25) is 0 Å². The van der Waals surface area contributed by atoms with Gasteiger partial charge in [-0.3, -0.25) is 25.5 Å². The molecule has 3 aromatic rings. The van der Waals surface area contributed by atoms with E-state index in [0.717, 1.165) is 11.1 Å². The van der Waals surface area contributed by atoms with Gasteiger partial charge in [0.25, 0.3) is 5.91 Å². The van der Waals surface area contributed by atoms with Crippen LogP contribution < -0.4 is 15.0 Å². The number of benzene rings is 3. The predicted octanol–water partition coefficient (Wildman–Crippen LogP) is 4.50. The first-order chi connectivity index (χ1) is 18.3. The van der Waals surface area contributed by atoms with Gasteiger partial charge in [-0.25, -0.2) is 0 Å². The van der Waals surface area contributed by atoms with Crippen molar-refractivity contribution >= 4 is 40.6 Å². The summed E-state index contributed by atoms with van der Waals surface area (Å²) in [5, 5.41) is 29.7. The first-order valence-electron chi connectivity index (χ1n) is 12.0. The molecule has 38 heavy (non-hydrogen) atoms. The second-order valence-electron chi connectivity index (χ2n) is 8.45. The summed E-state index contributed by atoms with van der Waals surface area (Å²) >= 11 is 6.08. The predicted molar refractivity (Wildman–Crippen MR) is 149 cm³/mol. The molecule has 4 rings (SSSR count). The van der Waals surface area contributed by atoms with E-state index in [1.165, 1.54) is 6.07 Å². The third-order valence-electron chi connectivity index (χ3n) is 5.75. The molecule has 0 unspecified atom stereocenters. The zero-order valence-corrected chi connectivity index (χ0v) is 21.6. The van der Waals surface area contributed by atoms with Crippen molar-refractivity contribution in [2.75, 3.05) is 37.8 Å². The Morgan fingerprint density at radius 3 is 2.61 bits per heavy atom. The third kappa shape index (κ3) is 6.37. The molecule has 1 aliphatic heterocycles. The molecule has 0 atom stereocenters. The van der Waals surface area contributed by atoms with Gasteiger partial charge in [0.15, 0.2) is 0 Å². The second kappa shape index (κ2) is 12.4. The van der Waals surface area contributed by atoms with Crippen molar-refractivity contribution in [3.05, 3.63) is 88.4 Å². The molecule has 1 aliphatic rings. The summed E-state index contributed by atoms with van der Waals surface area (Å²) in [4.78, 5) is 18.4. The zero-order valence-electron chi connectivity index (χ0n) is 20.8. The fourth-order valence-electron chi connectivity index (χ4n) is 4.00. The summed E-state index contributed by atoms with van der Waals surface area (Å²) in [5.74, 6) is 0.589. The minimum absolute atomic E-state index is 0.0694. The number of amides is 1. The lowest BCUT2D eigenvalue weighted by molar-refractivity contribution is 0.0865. The topological polar surface area (TPSA) is 131 Å². The molecule has 10 heteroatoms. The van der Waals surface area contributed by atoms with E-state index in [1.807, 2.05) is 24.3 Å². The molecule has 0 spiro atoms. The molecule has 0 saturated carbocycles. The number of ether oxygens (including phenoxy) is 2. The van der Waals surface area contributed by atoms with Gasteiger partial charge >= 0.3 is 0 Å². The standard InChI is InChI=1S/C28H28ClN5O4/c1-18(30)34-24-11-10-21(16-23(24)27(33-17-26(34)31)19-6-8-20(29)9-7-19)38-15-14-37-13-12-32-28(36)22-4-2-3-5-25(22)35/h2-11,16,30-31,35H,12-15,17H2,1H3,(H,32,36). The van der Waals surface area contributed by atoms with Crippen molar-refractivity contribution in [3.8, 4) is 11.5 Å². The van der Waals surface area contributed by atoms with E-state index in [2.05, 4.69) is 10.3 Å². The number of fused-ring (bicyclic) bond motifs is 1. The molecule has 1 amide bonds. The zero-order chi connectivity index (χ0) is 27.1. The number of carbonyl (C=O) groups is 1. The lowest BCUT2D eigenvalue weighted by atomic mass is 9.99. The van der Waals surface area contributed by atoms with E-state index in [1.54, 1.807) is 48.2 Å². The summed E-state index contributed by atoms with van der Waals surface area (Å²) in [6.45, 7) is 2.93. The Kier molecular flexibility index (Phi) is 8.73. The fourth-order valence-corrected chi connectivity index (χ4v) is 4.13. The first-order valence-corrected chi connectivity index (χ1v) is 12.4. The van der Waals surface area contributed by atoms with Crippen LogP contribution in [0.15, 0.2) is 71.7 Å². The number of benzodiazepines with no additional fused rings is 1. The highest BCUT2D eigenvalue weighted by Crippen LogP contribution is 2.31. The van der Waals surface area contributed by atoms with E-state index in [9.17, 15) is 9.90 Å². The van der Waals surface area contributed by atoms with Gasteiger partial charge in [0.1, 0.15) is 29.8 Å². The molecular formula is C28H28ClN5O4. The molecule has 0 radical (unpaired) electrons. The molecule has 0 bridgehead atoms. The molecule has 9 nitrogen and oxygen atoms in total. The number of phenols is 1. The molecule has 196 valence electrons. The maximum Gasteiger partial charge on any atom is 0.255 e. The lowest BCUT2D eigenvalue weighted by Crippen LogP contribution is -2.35. The summed E-state index contributed by atoms with van der Waals surface area (Å²) in [6.07, 6.45) is 0. The number of hydrogen-bond acceptors (Lipinski definition) is 7. The largest absolute Gasteiger partial charge is 0.507 e. The number of carbonyl (C=O) groups excluding carboxylic acids is 1. The normalized spacial score (nSPS) is 12.8. The maximum absolute atomic E-state index is 12.1. The molecule has 4 N–H and O–H groups in total. The van der Waals surface area contributed by atoms with Gasteiger partial charge in [0, 0.05) is 22.7 Å². The number of nitrogens with one attached hydrogen (secondary N) is 3. The van der Waals surface area contributed by atoms with Crippen LogP contribution in [-0.2, 0) is 4.74 Å². The van der Waals surface area contributed by atoms with Crippen molar-refractivity contribution < 1.29 is 19.4 Å². The van der Waals surface area contributed by atoms with Crippen LogP contribution in [0.1, 0.15) is 28.4 Å². The first kappa shape index (κ1) is 26.8. The Hall–Kier alpha value is -4.21. The minimum atomic E-state index is -0.367. The Labute approximate surface area is 225 Å². The van der Waals surface area contributed by atoms with Crippen LogP contribution in [0, 0.1) is 10.8 Å². The SMILES string of the molecule is CC(=N)N1C(=N)CN=C(c2ccc(Cl)cc2)c2cc(OCCOCCNC(=O)c3ccccc3O)ccc21. The van der Waals surface area contributed by atoms with E-state index >= 15 is 0 Å². The lowest BCUT2D eigenvalue weighted by Gasteiger charge is -2.24. The minimum Gasteiger partial charge on any atom is -0.507 e. The van der Waals surface area contributed by atoms with E-state index in [0.29, 0.717) is 28.8 Å². The highest BCUT2D eigenvalue weighted by Gasteiger charge is 2.25. The summed E-state index contributed by atoms with van der Waals surface area (Å²) in [5.41, 5.74) is 3.17. The summed E-state index contributed by atoms with van der Waals surface area (Å²) in [6, 6.07) is 19.1. The number of nitrogens with zero attached hydrogens (tertiary/aromatic N) is 2. The van der Waals surface area contributed by atoms with Crippen molar-refractivity contribution in [2.24, 2.45) is 4.99 Å². The molecule has 0 aliphatic carbocycles. The maximum atomic E-state index is 12.1. The molecule has 0 fully saturated rings. The third-order valence-corrected chi connectivity index (χ3v) is 6.00. The van der Waals surface area contributed by atoms with Gasteiger partial charge in [-0.1, -0.05) is 35.9 Å². The van der Waals surface area contributed by atoms with Crippen molar-refractivity contribution in [2.45, 2.75) is 6.92 Å². The summed E-state index contributed by atoms with van der Waals surface area (Å²) in [7, 11) is 0. The van der Waals surface area contributed by atoms with Crippen molar-refractivity contribution in [3.63, 3.8) is 0 Å². The number of halogens is 1. The Morgan fingerprint density at radius 1 is 1.11 bits per heavy atom. The van der Waals surface area contributed by atoms with E-state index < -0.39 is 0 Å². The van der Waals surface area contributed by atoms with Gasteiger partial charge in [0.05, 0.1) is 36.7 Å². The summed E-state index contributed by atoms with van der Waals surface area (Å²) < 4.78 is 11.5. The quantitative estimate of drug-likeness (QED) is 0.183. The van der Waals surface area contributed by atoms with Crippen LogP contribution in [0.5, 0.6) is 11.5 Å². The molecular weight excluding hydrogens is 506 g/mol. The van der Waals surface area contributed by atoms with Crippen molar-refractivity contribution in [1.82, 2.24) is 5.32 Å². The Balaban J connectivity index is 1.37. The van der Waals surface area contributed by atoms with Gasteiger partial charge in [-0.05, 0) is 49.4 Å². The van der Waals surface area contributed by atoms with E-state index in [-0.39, 0.29) is 55.2 Å². The number of phenolic OH excluding ortho intramolecular Hbond substituents is 1. The smallest absolute Gasteiger partial charge is 0.255 e. The highest BCUT2D eigenvalue weighted by atomic mass is 35.5. The van der Waals surface area contributed by atoms with Crippen LogP contribution in [-0.4, -0.2) is 61.3 Å². The molecule has 3 aromatic carbocycles. The number of aliphatic imine (C=N–C) groups is 1.